The predicted molar refractivity (Wildman–Crippen MR) is 202 cm³/mol. The van der Waals surface area contributed by atoms with Crippen LogP contribution in [0.25, 0.3) is 76.5 Å². The minimum absolute atomic E-state index is 0.858. The maximum absolute atomic E-state index is 2.35. The van der Waals surface area contributed by atoms with Crippen molar-refractivity contribution in [2.75, 3.05) is 0 Å². The van der Waals surface area contributed by atoms with Crippen LogP contribution in [0, 0.1) is 0 Å². The number of hydrogen-bond acceptors (Lipinski definition) is 0. The Labute approximate surface area is 275 Å². The fourth-order valence-corrected chi connectivity index (χ4v) is 7.51. The van der Waals surface area contributed by atoms with E-state index in [4.69, 9.17) is 0 Å². The Morgan fingerprint density at radius 2 is 0.851 bits per heavy atom. The van der Waals surface area contributed by atoms with Gasteiger partial charge in [-0.1, -0.05) is 170 Å². The van der Waals surface area contributed by atoms with Crippen molar-refractivity contribution in [3.63, 3.8) is 0 Å². The van der Waals surface area contributed by atoms with Crippen LogP contribution in [0.1, 0.15) is 11.1 Å². The summed E-state index contributed by atoms with van der Waals surface area (Å²) in [6, 6.07) is 66.7. The van der Waals surface area contributed by atoms with Crippen LogP contribution in [0.2, 0.25) is 0 Å². The summed E-state index contributed by atoms with van der Waals surface area (Å²) < 4.78 is 0. The Balaban J connectivity index is 1.23. The zero-order chi connectivity index (χ0) is 31.2. The maximum atomic E-state index is 2.35. The highest BCUT2D eigenvalue weighted by Gasteiger charge is 2.18. The van der Waals surface area contributed by atoms with Gasteiger partial charge in [-0.05, 0) is 106 Å². The highest BCUT2D eigenvalue weighted by molar-refractivity contribution is 6.18. The Morgan fingerprint density at radius 1 is 0.298 bits per heavy atom. The molecule has 0 saturated carbocycles. The van der Waals surface area contributed by atoms with E-state index in [1.165, 1.54) is 87.6 Å². The van der Waals surface area contributed by atoms with Crippen molar-refractivity contribution >= 4 is 43.1 Å². The van der Waals surface area contributed by atoms with Gasteiger partial charge in [0, 0.05) is 0 Å². The van der Waals surface area contributed by atoms with Crippen molar-refractivity contribution in [3.8, 4) is 33.4 Å². The van der Waals surface area contributed by atoms with Gasteiger partial charge in [-0.3, -0.25) is 0 Å². The zero-order valence-electron chi connectivity index (χ0n) is 26.0. The maximum Gasteiger partial charge on any atom is -0.000728 e. The number of rotatable bonds is 5. The van der Waals surface area contributed by atoms with Crippen molar-refractivity contribution in [1.29, 1.82) is 0 Å². The van der Waals surface area contributed by atoms with E-state index in [1.54, 1.807) is 0 Å². The van der Waals surface area contributed by atoms with Crippen LogP contribution in [-0.2, 0) is 6.42 Å². The molecule has 0 aromatic heterocycles. The van der Waals surface area contributed by atoms with Crippen molar-refractivity contribution in [2.45, 2.75) is 6.42 Å². The van der Waals surface area contributed by atoms with E-state index in [0.29, 0.717) is 0 Å². The Bertz CT molecular complexity index is 2530. The molecule has 9 aromatic rings. The highest BCUT2D eigenvalue weighted by atomic mass is 14.2. The van der Waals surface area contributed by atoms with Gasteiger partial charge in [0.15, 0.2) is 0 Å². The SMILES string of the molecule is c1ccc(-c2ccccc2Cc2c3ccccc3c(-c3cccc4cc(-c5ccc6ccccc6c5)ccc34)c3ccccc23)cc1. The Kier molecular flexibility index (Phi) is 6.65. The van der Waals surface area contributed by atoms with Crippen LogP contribution >= 0.6 is 0 Å². The topological polar surface area (TPSA) is 0 Å². The smallest absolute Gasteiger partial charge is 0.000728 e. The number of fused-ring (bicyclic) bond motifs is 4. The van der Waals surface area contributed by atoms with Crippen LogP contribution in [0.4, 0.5) is 0 Å². The van der Waals surface area contributed by atoms with Gasteiger partial charge in [-0.2, -0.15) is 0 Å². The molecule has 0 amide bonds. The molecule has 0 radical (unpaired) electrons. The first-order valence-corrected chi connectivity index (χ1v) is 16.4. The minimum atomic E-state index is 0.858. The Hall–Kier alpha value is -5.98. The van der Waals surface area contributed by atoms with Crippen LogP contribution in [0.3, 0.4) is 0 Å². The highest BCUT2D eigenvalue weighted by Crippen LogP contribution is 2.43. The van der Waals surface area contributed by atoms with Crippen molar-refractivity contribution < 1.29 is 0 Å². The van der Waals surface area contributed by atoms with E-state index < -0.39 is 0 Å². The first kappa shape index (κ1) is 27.3. The molecule has 0 aliphatic heterocycles. The molecule has 0 aliphatic carbocycles. The van der Waals surface area contributed by atoms with Crippen molar-refractivity contribution in [3.05, 3.63) is 193 Å². The van der Waals surface area contributed by atoms with Crippen LogP contribution in [-0.4, -0.2) is 0 Å². The molecular formula is C47H32. The normalized spacial score (nSPS) is 11.5. The lowest BCUT2D eigenvalue weighted by atomic mass is 9.84. The summed E-state index contributed by atoms with van der Waals surface area (Å²) in [6.45, 7) is 0. The lowest BCUT2D eigenvalue weighted by Crippen LogP contribution is -1.97. The molecule has 0 heteroatoms. The molecule has 0 bridgehead atoms. The predicted octanol–water partition coefficient (Wildman–Crippen LogP) is 12.9. The summed E-state index contributed by atoms with van der Waals surface area (Å²) in [5.74, 6) is 0. The second kappa shape index (κ2) is 11.4. The van der Waals surface area contributed by atoms with Gasteiger partial charge in [-0.15, -0.1) is 0 Å². The van der Waals surface area contributed by atoms with E-state index in [1.807, 2.05) is 0 Å². The summed E-state index contributed by atoms with van der Waals surface area (Å²) in [7, 11) is 0. The van der Waals surface area contributed by atoms with Gasteiger partial charge < -0.3 is 0 Å². The molecular weight excluding hydrogens is 565 g/mol. The molecule has 0 saturated heterocycles. The molecule has 9 aromatic carbocycles. The first-order chi connectivity index (χ1) is 23.3. The third-order valence-electron chi connectivity index (χ3n) is 9.74. The molecule has 47 heavy (non-hydrogen) atoms. The van der Waals surface area contributed by atoms with Crippen molar-refractivity contribution in [2.24, 2.45) is 0 Å². The van der Waals surface area contributed by atoms with E-state index in [0.717, 1.165) is 6.42 Å². The average Bonchev–Trinajstić information content (AvgIpc) is 3.15. The molecule has 0 fully saturated rings. The molecule has 0 unspecified atom stereocenters. The van der Waals surface area contributed by atoms with Gasteiger partial charge in [-0.25, -0.2) is 0 Å². The largest absolute Gasteiger partial charge is 0.0622 e. The third-order valence-corrected chi connectivity index (χ3v) is 9.74. The minimum Gasteiger partial charge on any atom is -0.0622 e. The van der Waals surface area contributed by atoms with Crippen molar-refractivity contribution in [1.82, 2.24) is 0 Å². The fraction of sp³-hybridized carbons (Fsp3) is 0.0213. The van der Waals surface area contributed by atoms with E-state index in [-0.39, 0.29) is 0 Å². The molecule has 0 aliphatic rings. The molecule has 220 valence electrons. The average molecular weight is 597 g/mol. The molecule has 0 atom stereocenters. The van der Waals surface area contributed by atoms with Gasteiger partial charge in [0.05, 0.1) is 0 Å². The van der Waals surface area contributed by atoms with Gasteiger partial charge in [0.1, 0.15) is 0 Å². The lowest BCUT2D eigenvalue weighted by molar-refractivity contribution is 1.23. The van der Waals surface area contributed by atoms with E-state index >= 15 is 0 Å². The standard InChI is InChI=1S/C47H32/c1-2-14-33(15-3-1)39-19-7-6-17-38(39)31-46-41-20-8-10-22-44(41)47(45-23-11-9-21-42(45)46)43-24-12-18-37-30-36(27-28-40(37)43)35-26-25-32-13-4-5-16-34(32)29-35/h1-30H,31H2. The summed E-state index contributed by atoms with van der Waals surface area (Å²) in [5, 5.41) is 10.3. The van der Waals surface area contributed by atoms with Crippen LogP contribution in [0.15, 0.2) is 182 Å². The molecule has 0 heterocycles. The summed E-state index contributed by atoms with van der Waals surface area (Å²) >= 11 is 0. The van der Waals surface area contributed by atoms with Crippen LogP contribution in [0.5, 0.6) is 0 Å². The zero-order valence-corrected chi connectivity index (χ0v) is 26.0. The molecule has 0 N–H and O–H groups in total. The van der Waals surface area contributed by atoms with E-state index in [9.17, 15) is 0 Å². The lowest BCUT2D eigenvalue weighted by Gasteiger charge is -2.19. The molecule has 9 rings (SSSR count). The monoisotopic (exact) mass is 596 g/mol. The first-order valence-electron chi connectivity index (χ1n) is 16.4. The quantitative estimate of drug-likeness (QED) is 0.173. The summed E-state index contributed by atoms with van der Waals surface area (Å²) in [6.07, 6.45) is 0.858. The number of hydrogen-bond donors (Lipinski definition) is 0. The fourth-order valence-electron chi connectivity index (χ4n) is 7.51. The summed E-state index contributed by atoms with van der Waals surface area (Å²) in [4.78, 5) is 0. The molecule has 0 spiro atoms. The Morgan fingerprint density at radius 3 is 1.62 bits per heavy atom. The number of benzene rings is 9. The summed E-state index contributed by atoms with van der Waals surface area (Å²) in [5.41, 5.74) is 10.3. The molecule has 0 nitrogen and oxygen atoms in total. The second-order valence-corrected chi connectivity index (χ2v) is 12.4. The van der Waals surface area contributed by atoms with Crippen LogP contribution < -0.4 is 0 Å². The van der Waals surface area contributed by atoms with Gasteiger partial charge in [0.2, 0.25) is 0 Å². The second-order valence-electron chi connectivity index (χ2n) is 12.4. The third kappa shape index (κ3) is 4.78. The van der Waals surface area contributed by atoms with Gasteiger partial charge in [0.25, 0.3) is 0 Å². The van der Waals surface area contributed by atoms with Gasteiger partial charge >= 0.3 is 0 Å². The van der Waals surface area contributed by atoms with E-state index in [2.05, 4.69) is 182 Å².